The third-order valence-electron chi connectivity index (χ3n) is 6.37. The van der Waals surface area contributed by atoms with Crippen LogP contribution in [0.25, 0.3) is 0 Å². The van der Waals surface area contributed by atoms with Crippen molar-refractivity contribution in [3.05, 3.63) is 88.2 Å². The number of amides is 3. The van der Waals surface area contributed by atoms with Crippen LogP contribution in [-0.2, 0) is 24.4 Å². The highest BCUT2D eigenvalue weighted by Gasteiger charge is 2.46. The van der Waals surface area contributed by atoms with Crippen LogP contribution in [0, 0.1) is 13.8 Å². The maximum atomic E-state index is 13.1. The highest BCUT2D eigenvalue weighted by Crippen LogP contribution is 2.26. The minimum Gasteiger partial charge on any atom is -0.350 e. The second-order valence-corrected chi connectivity index (χ2v) is 9.05. The van der Waals surface area contributed by atoms with Crippen LogP contribution in [0.2, 0.25) is 0 Å². The molecule has 2 N–H and O–H groups in total. The van der Waals surface area contributed by atoms with Gasteiger partial charge in [0.15, 0.2) is 5.69 Å². The summed E-state index contributed by atoms with van der Waals surface area (Å²) in [5, 5.41) is 10.1. The van der Waals surface area contributed by atoms with Gasteiger partial charge in [-0.15, -0.1) is 0 Å². The van der Waals surface area contributed by atoms with Crippen LogP contribution in [0.1, 0.15) is 50.2 Å². The van der Waals surface area contributed by atoms with Gasteiger partial charge in [0.1, 0.15) is 11.2 Å². The molecule has 0 aliphatic carbocycles. The van der Waals surface area contributed by atoms with Crippen molar-refractivity contribution in [2.45, 2.75) is 45.9 Å². The highest BCUT2D eigenvalue weighted by atomic mass is 16.2. The molecule has 4 rings (SSSR count). The molecular formula is C26H29N5O3. The first-order valence-electron chi connectivity index (χ1n) is 11.2. The highest BCUT2D eigenvalue weighted by molar-refractivity contribution is 6.01. The Morgan fingerprint density at radius 3 is 2.03 bits per heavy atom. The van der Waals surface area contributed by atoms with Crippen LogP contribution >= 0.6 is 0 Å². The van der Waals surface area contributed by atoms with Gasteiger partial charge in [-0.05, 0) is 31.9 Å². The SMILES string of the molecule is Cc1ccc(CNC(=O)c2cc3n(n2)C[C@@](C)(C(=O)NCc2ccc(C)cc2)N(C)C3=O)cc1. The van der Waals surface area contributed by atoms with Gasteiger partial charge < -0.3 is 15.5 Å². The monoisotopic (exact) mass is 459 g/mol. The third-order valence-corrected chi connectivity index (χ3v) is 6.37. The Labute approximate surface area is 199 Å². The standard InChI is InChI=1S/C26H29N5O3/c1-17-5-9-19(10-6-17)14-27-23(32)21-13-22-24(33)30(4)26(3,16-31(22)29-21)25(34)28-15-20-11-7-18(2)8-12-20/h5-13H,14-16H2,1-4H3,(H,27,32)(H,28,34)/t26-/m0/s1. The summed E-state index contributed by atoms with van der Waals surface area (Å²) in [6.07, 6.45) is 0. The number of likely N-dealkylation sites (N-methyl/N-ethyl adjacent to an activating group) is 1. The summed E-state index contributed by atoms with van der Waals surface area (Å²) in [5.41, 5.74) is 3.52. The first-order chi connectivity index (χ1) is 16.2. The number of hydrogen-bond donors (Lipinski definition) is 2. The van der Waals surface area contributed by atoms with E-state index in [0.717, 1.165) is 22.3 Å². The van der Waals surface area contributed by atoms with Crippen LogP contribution in [0.15, 0.2) is 54.6 Å². The zero-order valence-corrected chi connectivity index (χ0v) is 19.9. The number of carbonyl (C=O) groups excluding carboxylic acids is 3. The van der Waals surface area contributed by atoms with E-state index in [9.17, 15) is 14.4 Å². The van der Waals surface area contributed by atoms with Crippen molar-refractivity contribution in [2.75, 3.05) is 7.05 Å². The molecule has 176 valence electrons. The quantitative estimate of drug-likeness (QED) is 0.592. The second-order valence-electron chi connectivity index (χ2n) is 9.05. The Morgan fingerprint density at radius 2 is 1.47 bits per heavy atom. The van der Waals surface area contributed by atoms with Crippen LogP contribution in [0.3, 0.4) is 0 Å². The van der Waals surface area contributed by atoms with Gasteiger partial charge >= 0.3 is 0 Å². The lowest BCUT2D eigenvalue weighted by molar-refractivity contribution is -0.132. The number of benzene rings is 2. The maximum Gasteiger partial charge on any atom is 0.272 e. The van der Waals surface area contributed by atoms with E-state index in [1.54, 1.807) is 14.0 Å². The molecule has 2 aromatic carbocycles. The van der Waals surface area contributed by atoms with Crippen molar-refractivity contribution >= 4 is 17.7 Å². The minimum atomic E-state index is -1.14. The number of rotatable bonds is 6. The topological polar surface area (TPSA) is 96.3 Å². The summed E-state index contributed by atoms with van der Waals surface area (Å²) < 4.78 is 1.45. The molecule has 8 nitrogen and oxygen atoms in total. The summed E-state index contributed by atoms with van der Waals surface area (Å²) in [6.45, 7) is 6.57. The maximum absolute atomic E-state index is 13.1. The van der Waals surface area contributed by atoms with Crippen LogP contribution < -0.4 is 10.6 Å². The summed E-state index contributed by atoms with van der Waals surface area (Å²) in [6, 6.07) is 17.2. The first-order valence-corrected chi connectivity index (χ1v) is 11.2. The average Bonchev–Trinajstić information content (AvgIpc) is 3.25. The second kappa shape index (κ2) is 9.13. The van der Waals surface area contributed by atoms with Crippen molar-refractivity contribution in [2.24, 2.45) is 0 Å². The average molecular weight is 460 g/mol. The summed E-state index contributed by atoms with van der Waals surface area (Å²) in [5.74, 6) is -1.01. The predicted octanol–water partition coefficient (Wildman–Crippen LogP) is 2.59. The Balaban J connectivity index is 1.46. The molecular weight excluding hydrogens is 430 g/mol. The van der Waals surface area contributed by atoms with E-state index in [4.69, 9.17) is 0 Å². The van der Waals surface area contributed by atoms with Crippen molar-refractivity contribution in [3.63, 3.8) is 0 Å². The number of fused-ring (bicyclic) bond motifs is 1. The van der Waals surface area contributed by atoms with Crippen LogP contribution in [-0.4, -0.2) is 45.0 Å². The summed E-state index contributed by atoms with van der Waals surface area (Å²) in [4.78, 5) is 40.3. The smallest absolute Gasteiger partial charge is 0.272 e. The Kier molecular flexibility index (Phi) is 6.24. The minimum absolute atomic E-state index is 0.146. The normalized spacial score (nSPS) is 17.3. The Morgan fingerprint density at radius 1 is 0.941 bits per heavy atom. The third kappa shape index (κ3) is 4.57. The molecule has 0 unspecified atom stereocenters. The van der Waals surface area contributed by atoms with Crippen molar-refractivity contribution in [1.29, 1.82) is 0 Å². The molecule has 0 fully saturated rings. The van der Waals surface area contributed by atoms with Gasteiger partial charge in [0.05, 0.1) is 6.54 Å². The van der Waals surface area contributed by atoms with Gasteiger partial charge in [0.25, 0.3) is 11.8 Å². The van der Waals surface area contributed by atoms with Crippen molar-refractivity contribution in [3.8, 4) is 0 Å². The molecule has 8 heteroatoms. The van der Waals surface area contributed by atoms with E-state index in [-0.39, 0.29) is 35.7 Å². The predicted molar refractivity (Wildman–Crippen MR) is 128 cm³/mol. The lowest BCUT2D eigenvalue weighted by Gasteiger charge is -2.40. The van der Waals surface area contributed by atoms with Gasteiger partial charge in [0, 0.05) is 26.2 Å². The summed E-state index contributed by atoms with van der Waals surface area (Å²) in [7, 11) is 1.60. The number of hydrogen-bond acceptors (Lipinski definition) is 4. The van der Waals surface area contributed by atoms with E-state index in [1.165, 1.54) is 15.6 Å². The fourth-order valence-electron chi connectivity index (χ4n) is 3.90. The molecule has 0 saturated heterocycles. The van der Waals surface area contributed by atoms with Gasteiger partial charge in [-0.25, -0.2) is 0 Å². The molecule has 3 aromatic rings. The molecule has 1 aliphatic rings. The van der Waals surface area contributed by atoms with Gasteiger partial charge in [-0.2, -0.15) is 5.10 Å². The number of nitrogens with zero attached hydrogens (tertiary/aromatic N) is 3. The molecule has 34 heavy (non-hydrogen) atoms. The van der Waals surface area contributed by atoms with E-state index in [2.05, 4.69) is 15.7 Å². The fourth-order valence-corrected chi connectivity index (χ4v) is 3.90. The number of nitrogens with one attached hydrogen (secondary N) is 2. The van der Waals surface area contributed by atoms with Gasteiger partial charge in [-0.3, -0.25) is 19.1 Å². The molecule has 0 saturated carbocycles. The zero-order valence-electron chi connectivity index (χ0n) is 19.9. The van der Waals surface area contributed by atoms with E-state index >= 15 is 0 Å². The lowest BCUT2D eigenvalue weighted by atomic mass is 9.95. The molecule has 1 aliphatic heterocycles. The molecule has 0 bridgehead atoms. The lowest BCUT2D eigenvalue weighted by Crippen LogP contribution is -2.62. The van der Waals surface area contributed by atoms with Gasteiger partial charge in [0.2, 0.25) is 5.91 Å². The summed E-state index contributed by atoms with van der Waals surface area (Å²) >= 11 is 0. The van der Waals surface area contributed by atoms with E-state index in [0.29, 0.717) is 13.1 Å². The molecule has 3 amide bonds. The fraction of sp³-hybridized carbons (Fsp3) is 0.308. The molecule has 1 atom stereocenters. The molecule has 0 spiro atoms. The number of aryl methyl sites for hydroxylation is 2. The zero-order chi connectivity index (χ0) is 24.5. The molecule has 2 heterocycles. The van der Waals surface area contributed by atoms with Gasteiger partial charge in [-0.1, -0.05) is 59.7 Å². The Bertz CT molecular complexity index is 1230. The van der Waals surface area contributed by atoms with Crippen LogP contribution in [0.5, 0.6) is 0 Å². The Hall–Kier alpha value is -3.94. The number of aromatic nitrogens is 2. The molecule has 1 aromatic heterocycles. The first kappa shape index (κ1) is 23.2. The number of carbonyl (C=O) groups is 3. The molecule has 0 radical (unpaired) electrons. The van der Waals surface area contributed by atoms with Crippen molar-refractivity contribution in [1.82, 2.24) is 25.3 Å². The largest absolute Gasteiger partial charge is 0.350 e. The van der Waals surface area contributed by atoms with E-state index < -0.39 is 5.54 Å². The van der Waals surface area contributed by atoms with Crippen molar-refractivity contribution < 1.29 is 14.4 Å². The van der Waals surface area contributed by atoms with Crippen LogP contribution in [0.4, 0.5) is 0 Å². The van der Waals surface area contributed by atoms with E-state index in [1.807, 2.05) is 62.4 Å².